The van der Waals surface area contributed by atoms with Gasteiger partial charge in [0.1, 0.15) is 11.5 Å². The number of carbonyl (C=O) groups is 1. The topological polar surface area (TPSA) is 74.2 Å². The number of benzene rings is 1. The van der Waals surface area contributed by atoms with Gasteiger partial charge in [0.15, 0.2) is 5.76 Å². The minimum Gasteiger partial charge on any atom is -0.460 e. The maximum atomic E-state index is 12.4. The molecule has 0 saturated carbocycles. The summed E-state index contributed by atoms with van der Waals surface area (Å²) in [6.07, 6.45) is 1.81. The van der Waals surface area contributed by atoms with Gasteiger partial charge in [0.05, 0.1) is 6.20 Å². The number of carbonyl (C=O) groups excluding carboxylic acids is 1. The van der Waals surface area contributed by atoms with Gasteiger partial charge < -0.3 is 14.6 Å². The van der Waals surface area contributed by atoms with E-state index in [2.05, 4.69) is 15.5 Å². The Morgan fingerprint density at radius 2 is 1.85 bits per heavy atom. The van der Waals surface area contributed by atoms with Crippen molar-refractivity contribution < 1.29 is 9.21 Å². The molecule has 0 bridgehead atoms. The van der Waals surface area contributed by atoms with Crippen LogP contribution in [0.15, 0.2) is 47.0 Å². The first-order valence-electron chi connectivity index (χ1n) is 9.30. The van der Waals surface area contributed by atoms with Crippen molar-refractivity contribution in [1.82, 2.24) is 20.4 Å². The molecule has 0 aliphatic carbocycles. The highest BCUT2D eigenvalue weighted by Gasteiger charge is 2.13. The van der Waals surface area contributed by atoms with E-state index in [0.717, 1.165) is 47.0 Å². The van der Waals surface area contributed by atoms with Gasteiger partial charge >= 0.3 is 0 Å². The smallest absolute Gasteiger partial charge is 0.253 e. The second-order valence-corrected chi connectivity index (χ2v) is 6.46. The zero-order valence-corrected chi connectivity index (χ0v) is 16.1. The average Bonchev–Trinajstić information content (AvgIpc) is 3.32. The van der Waals surface area contributed by atoms with Crippen molar-refractivity contribution in [2.24, 2.45) is 0 Å². The van der Waals surface area contributed by atoms with Crippen LogP contribution in [0.4, 0.5) is 0 Å². The van der Waals surface area contributed by atoms with Crippen LogP contribution in [0.1, 0.15) is 41.1 Å². The molecule has 0 radical (unpaired) electrons. The van der Waals surface area contributed by atoms with Crippen LogP contribution in [-0.4, -0.2) is 34.1 Å². The van der Waals surface area contributed by atoms with Crippen LogP contribution in [-0.2, 0) is 13.1 Å². The molecular weight excluding hydrogens is 340 g/mol. The van der Waals surface area contributed by atoms with Crippen molar-refractivity contribution in [2.75, 3.05) is 13.1 Å². The van der Waals surface area contributed by atoms with Gasteiger partial charge in [-0.3, -0.25) is 9.89 Å². The summed E-state index contributed by atoms with van der Waals surface area (Å²) in [5, 5.41) is 10.5. The van der Waals surface area contributed by atoms with Crippen LogP contribution >= 0.6 is 0 Å². The van der Waals surface area contributed by atoms with Crippen molar-refractivity contribution >= 4 is 5.91 Å². The first-order chi connectivity index (χ1) is 13.1. The minimum atomic E-state index is 0.0799. The summed E-state index contributed by atoms with van der Waals surface area (Å²) in [7, 11) is 0. The molecule has 6 heteroatoms. The van der Waals surface area contributed by atoms with Gasteiger partial charge in [0.2, 0.25) is 0 Å². The van der Waals surface area contributed by atoms with E-state index in [-0.39, 0.29) is 5.91 Å². The quantitative estimate of drug-likeness (QED) is 0.637. The summed E-state index contributed by atoms with van der Waals surface area (Å²) in [4.78, 5) is 14.2. The van der Waals surface area contributed by atoms with Gasteiger partial charge in [-0.25, -0.2) is 0 Å². The Morgan fingerprint density at radius 3 is 2.48 bits per heavy atom. The molecule has 2 heterocycles. The van der Waals surface area contributed by atoms with Crippen molar-refractivity contribution in [3.05, 3.63) is 65.0 Å². The van der Waals surface area contributed by atoms with E-state index in [0.29, 0.717) is 13.1 Å². The summed E-state index contributed by atoms with van der Waals surface area (Å²) in [6, 6.07) is 11.7. The second-order valence-electron chi connectivity index (χ2n) is 6.46. The molecule has 142 valence electrons. The number of rotatable bonds is 8. The SMILES string of the molecule is CCN(CC)C(=O)c1ccc(CNCc2cn[nH]c2-c2ccc(C)o2)cc1. The molecule has 0 fully saturated rings. The van der Waals surface area contributed by atoms with Crippen molar-refractivity contribution in [3.63, 3.8) is 0 Å². The lowest BCUT2D eigenvalue weighted by molar-refractivity contribution is 0.0773. The highest BCUT2D eigenvalue weighted by molar-refractivity contribution is 5.94. The summed E-state index contributed by atoms with van der Waals surface area (Å²) in [5.74, 6) is 1.75. The molecular formula is C21H26N4O2. The Bertz CT molecular complexity index is 876. The Balaban J connectivity index is 1.57. The third-order valence-electron chi connectivity index (χ3n) is 4.60. The molecule has 27 heavy (non-hydrogen) atoms. The zero-order chi connectivity index (χ0) is 19.2. The molecule has 0 aliphatic heterocycles. The fraction of sp³-hybridized carbons (Fsp3) is 0.333. The Hall–Kier alpha value is -2.86. The monoisotopic (exact) mass is 366 g/mol. The summed E-state index contributed by atoms with van der Waals surface area (Å²) >= 11 is 0. The second kappa shape index (κ2) is 8.68. The Morgan fingerprint density at radius 1 is 1.11 bits per heavy atom. The number of amides is 1. The summed E-state index contributed by atoms with van der Waals surface area (Å²) in [5.41, 5.74) is 3.81. The van der Waals surface area contributed by atoms with Gasteiger partial charge in [-0.05, 0) is 50.6 Å². The standard InChI is InChI=1S/C21H26N4O2/c1-4-25(5-2)21(26)17-9-7-16(8-10-17)12-22-13-18-14-23-24-20(18)19-11-6-15(3)27-19/h6-11,14,22H,4-5,12-13H2,1-3H3,(H,23,24). The molecule has 0 spiro atoms. The minimum absolute atomic E-state index is 0.0799. The molecule has 0 aliphatic rings. The van der Waals surface area contributed by atoms with Gasteiger partial charge in [0, 0.05) is 37.3 Å². The van der Waals surface area contributed by atoms with Crippen LogP contribution in [0.5, 0.6) is 0 Å². The lowest BCUT2D eigenvalue weighted by atomic mass is 10.1. The number of H-pyrrole nitrogens is 1. The van der Waals surface area contributed by atoms with E-state index in [1.165, 1.54) is 0 Å². The Kier molecular flexibility index (Phi) is 6.08. The van der Waals surface area contributed by atoms with Crippen LogP contribution in [0.25, 0.3) is 11.5 Å². The van der Waals surface area contributed by atoms with Gasteiger partial charge in [-0.1, -0.05) is 12.1 Å². The zero-order valence-electron chi connectivity index (χ0n) is 16.1. The molecule has 3 aromatic rings. The number of aryl methyl sites for hydroxylation is 1. The Labute approximate surface area is 159 Å². The average molecular weight is 366 g/mol. The molecule has 0 saturated heterocycles. The number of nitrogens with zero attached hydrogens (tertiary/aromatic N) is 2. The number of hydrogen-bond donors (Lipinski definition) is 2. The predicted molar refractivity (Wildman–Crippen MR) is 105 cm³/mol. The summed E-state index contributed by atoms with van der Waals surface area (Å²) < 4.78 is 5.67. The van der Waals surface area contributed by atoms with Crippen LogP contribution < -0.4 is 5.32 Å². The highest BCUT2D eigenvalue weighted by atomic mass is 16.3. The largest absolute Gasteiger partial charge is 0.460 e. The third-order valence-corrected chi connectivity index (χ3v) is 4.60. The fourth-order valence-electron chi connectivity index (χ4n) is 3.03. The van der Waals surface area contributed by atoms with Gasteiger partial charge in [0.25, 0.3) is 5.91 Å². The molecule has 1 amide bonds. The normalized spacial score (nSPS) is 10.9. The predicted octanol–water partition coefficient (Wildman–Crippen LogP) is 3.75. The van der Waals surface area contributed by atoms with Gasteiger partial charge in [-0.2, -0.15) is 5.10 Å². The van der Waals surface area contributed by atoms with Crippen LogP contribution in [0, 0.1) is 6.92 Å². The van der Waals surface area contributed by atoms with Gasteiger partial charge in [-0.15, -0.1) is 0 Å². The van der Waals surface area contributed by atoms with Crippen molar-refractivity contribution in [1.29, 1.82) is 0 Å². The van der Waals surface area contributed by atoms with Crippen molar-refractivity contribution in [2.45, 2.75) is 33.9 Å². The van der Waals surface area contributed by atoms with Crippen LogP contribution in [0.2, 0.25) is 0 Å². The van der Waals surface area contributed by atoms with Crippen LogP contribution in [0.3, 0.4) is 0 Å². The fourth-order valence-corrected chi connectivity index (χ4v) is 3.03. The summed E-state index contributed by atoms with van der Waals surface area (Å²) in [6.45, 7) is 8.74. The lowest BCUT2D eigenvalue weighted by Gasteiger charge is -2.18. The van der Waals surface area contributed by atoms with E-state index in [1.54, 1.807) is 0 Å². The molecule has 2 aromatic heterocycles. The molecule has 0 atom stereocenters. The number of furan rings is 1. The number of hydrogen-bond acceptors (Lipinski definition) is 4. The molecule has 2 N–H and O–H groups in total. The lowest BCUT2D eigenvalue weighted by Crippen LogP contribution is -2.30. The maximum absolute atomic E-state index is 12.4. The molecule has 1 aromatic carbocycles. The molecule has 0 unspecified atom stereocenters. The van der Waals surface area contributed by atoms with E-state index in [4.69, 9.17) is 4.42 Å². The third kappa shape index (κ3) is 4.46. The van der Waals surface area contributed by atoms with E-state index < -0.39 is 0 Å². The number of nitrogens with one attached hydrogen (secondary N) is 2. The molecule has 6 nitrogen and oxygen atoms in total. The van der Waals surface area contributed by atoms with E-state index in [9.17, 15) is 4.79 Å². The van der Waals surface area contributed by atoms with E-state index in [1.807, 2.05) is 68.3 Å². The van der Waals surface area contributed by atoms with Crippen molar-refractivity contribution in [3.8, 4) is 11.5 Å². The highest BCUT2D eigenvalue weighted by Crippen LogP contribution is 2.23. The maximum Gasteiger partial charge on any atom is 0.253 e. The first-order valence-corrected chi connectivity index (χ1v) is 9.30. The number of aromatic amines is 1. The number of aromatic nitrogens is 2. The first kappa shape index (κ1) is 18.9. The molecule has 3 rings (SSSR count). The van der Waals surface area contributed by atoms with E-state index >= 15 is 0 Å².